The molecule has 0 saturated carbocycles. The number of halogens is 2. The SMILES string of the molecule is CC1C=C(c2nc3cc(F)c(F)cc3[nH]2)C=NC1C. The molecule has 0 radical (unpaired) electrons. The van der Waals surface area contributed by atoms with Gasteiger partial charge in [-0.05, 0) is 12.8 Å². The van der Waals surface area contributed by atoms with Crippen LogP contribution < -0.4 is 0 Å². The van der Waals surface area contributed by atoms with Gasteiger partial charge in [0.1, 0.15) is 5.82 Å². The number of fused-ring (bicyclic) bond motifs is 1. The van der Waals surface area contributed by atoms with Crippen molar-refractivity contribution in [1.82, 2.24) is 9.97 Å². The van der Waals surface area contributed by atoms with Crippen molar-refractivity contribution < 1.29 is 8.78 Å². The third kappa shape index (κ3) is 2.05. The van der Waals surface area contributed by atoms with Gasteiger partial charge in [0.25, 0.3) is 0 Å². The molecule has 19 heavy (non-hydrogen) atoms. The Bertz CT molecular complexity index is 661. The number of benzene rings is 1. The number of aliphatic imine (C=N–C) groups is 1. The van der Waals surface area contributed by atoms with Gasteiger partial charge < -0.3 is 4.98 Å². The van der Waals surface area contributed by atoms with E-state index in [1.54, 1.807) is 6.21 Å². The number of hydrogen-bond donors (Lipinski definition) is 1. The number of H-pyrrole nitrogens is 1. The molecule has 3 nitrogen and oxygen atoms in total. The molecule has 0 spiro atoms. The molecule has 1 aromatic carbocycles. The monoisotopic (exact) mass is 261 g/mol. The number of allylic oxidation sites excluding steroid dienone is 1. The Morgan fingerprint density at radius 3 is 2.63 bits per heavy atom. The molecule has 5 heteroatoms. The second-order valence-corrected chi connectivity index (χ2v) is 4.87. The Kier molecular flexibility index (Phi) is 2.69. The number of imidazole rings is 1. The molecule has 1 aliphatic heterocycles. The maximum Gasteiger partial charge on any atom is 0.161 e. The minimum atomic E-state index is -0.890. The van der Waals surface area contributed by atoms with Crippen LogP contribution in [0, 0.1) is 17.6 Å². The standard InChI is InChI=1S/C14H13F2N3/c1-7-3-9(6-17-8(7)2)14-18-12-4-10(15)11(16)5-13(12)19-14/h3-8H,1-2H3,(H,18,19). The van der Waals surface area contributed by atoms with E-state index in [2.05, 4.69) is 28.0 Å². The Morgan fingerprint density at radius 1 is 1.16 bits per heavy atom. The van der Waals surface area contributed by atoms with Crippen LogP contribution in [0.5, 0.6) is 0 Å². The van der Waals surface area contributed by atoms with Crippen LogP contribution in [0.4, 0.5) is 8.78 Å². The molecule has 0 amide bonds. The van der Waals surface area contributed by atoms with Crippen LogP contribution in [0.15, 0.2) is 23.2 Å². The summed E-state index contributed by atoms with van der Waals surface area (Å²) in [6, 6.07) is 2.45. The third-order valence-corrected chi connectivity index (χ3v) is 3.45. The van der Waals surface area contributed by atoms with E-state index in [9.17, 15) is 8.78 Å². The van der Waals surface area contributed by atoms with Gasteiger partial charge in [-0.15, -0.1) is 0 Å². The van der Waals surface area contributed by atoms with Crippen LogP contribution in [0.25, 0.3) is 16.6 Å². The smallest absolute Gasteiger partial charge is 0.161 e. The van der Waals surface area contributed by atoms with Crippen LogP contribution in [-0.2, 0) is 0 Å². The lowest BCUT2D eigenvalue weighted by molar-refractivity contribution is 0.510. The zero-order valence-corrected chi connectivity index (χ0v) is 10.6. The van der Waals surface area contributed by atoms with Gasteiger partial charge in [0.15, 0.2) is 11.6 Å². The topological polar surface area (TPSA) is 41.0 Å². The number of aromatic nitrogens is 2. The van der Waals surface area contributed by atoms with Gasteiger partial charge in [-0.25, -0.2) is 13.8 Å². The Labute approximate surface area is 109 Å². The fourth-order valence-corrected chi connectivity index (χ4v) is 2.08. The summed E-state index contributed by atoms with van der Waals surface area (Å²) in [6.45, 7) is 4.11. The third-order valence-electron chi connectivity index (χ3n) is 3.45. The van der Waals surface area contributed by atoms with Crippen molar-refractivity contribution >= 4 is 22.8 Å². The fraction of sp³-hybridized carbons (Fsp3) is 0.286. The molecule has 0 aliphatic carbocycles. The maximum atomic E-state index is 13.1. The van der Waals surface area contributed by atoms with Crippen molar-refractivity contribution in [2.24, 2.45) is 10.9 Å². The quantitative estimate of drug-likeness (QED) is 0.840. The van der Waals surface area contributed by atoms with Crippen molar-refractivity contribution in [1.29, 1.82) is 0 Å². The van der Waals surface area contributed by atoms with Gasteiger partial charge in [0.05, 0.1) is 17.1 Å². The van der Waals surface area contributed by atoms with Crippen molar-refractivity contribution in [3.63, 3.8) is 0 Å². The lowest BCUT2D eigenvalue weighted by atomic mass is 9.98. The summed E-state index contributed by atoms with van der Waals surface area (Å²) < 4.78 is 26.3. The maximum absolute atomic E-state index is 13.1. The van der Waals surface area contributed by atoms with Crippen molar-refractivity contribution in [2.45, 2.75) is 19.9 Å². The highest BCUT2D eigenvalue weighted by Crippen LogP contribution is 2.23. The Balaban J connectivity index is 2.07. The van der Waals surface area contributed by atoms with Crippen molar-refractivity contribution in [2.75, 3.05) is 0 Å². The molecule has 1 aromatic heterocycles. The predicted octanol–water partition coefficient (Wildman–Crippen LogP) is 3.33. The second kappa shape index (κ2) is 4.26. The van der Waals surface area contributed by atoms with E-state index in [1.807, 2.05) is 6.92 Å². The first-order valence-electron chi connectivity index (χ1n) is 6.14. The van der Waals surface area contributed by atoms with Gasteiger partial charge >= 0.3 is 0 Å². The minimum Gasteiger partial charge on any atom is -0.338 e. The molecule has 2 atom stereocenters. The van der Waals surface area contributed by atoms with E-state index in [4.69, 9.17) is 0 Å². The molecule has 2 heterocycles. The molecule has 0 saturated heterocycles. The average Bonchev–Trinajstić information content (AvgIpc) is 2.76. The molecule has 2 aromatic rings. The highest BCUT2D eigenvalue weighted by molar-refractivity contribution is 6.09. The summed E-state index contributed by atoms with van der Waals surface area (Å²) in [5, 5.41) is 0. The summed E-state index contributed by atoms with van der Waals surface area (Å²) in [7, 11) is 0. The van der Waals surface area contributed by atoms with Crippen LogP contribution >= 0.6 is 0 Å². The zero-order chi connectivity index (χ0) is 13.6. The first-order valence-corrected chi connectivity index (χ1v) is 6.14. The molecule has 1 aliphatic rings. The summed E-state index contributed by atoms with van der Waals surface area (Å²) >= 11 is 0. The Morgan fingerprint density at radius 2 is 1.89 bits per heavy atom. The predicted molar refractivity (Wildman–Crippen MR) is 71.1 cm³/mol. The molecule has 0 fully saturated rings. The fourth-order valence-electron chi connectivity index (χ4n) is 2.08. The minimum absolute atomic E-state index is 0.239. The molecule has 2 unspecified atom stereocenters. The normalized spacial score (nSPS) is 22.8. The molecular weight excluding hydrogens is 248 g/mol. The van der Waals surface area contributed by atoms with Gasteiger partial charge in [0, 0.05) is 23.9 Å². The van der Waals surface area contributed by atoms with Crippen LogP contribution in [0.3, 0.4) is 0 Å². The Hall–Kier alpha value is -2.04. The first-order chi connectivity index (χ1) is 9.04. The highest BCUT2D eigenvalue weighted by atomic mass is 19.2. The number of aromatic amines is 1. The number of nitrogens with one attached hydrogen (secondary N) is 1. The van der Waals surface area contributed by atoms with Crippen LogP contribution in [0.2, 0.25) is 0 Å². The van der Waals surface area contributed by atoms with Gasteiger partial charge in [-0.2, -0.15) is 0 Å². The summed E-state index contributed by atoms with van der Waals surface area (Å²) in [5.74, 6) is -0.876. The zero-order valence-electron chi connectivity index (χ0n) is 10.6. The van der Waals surface area contributed by atoms with E-state index in [-0.39, 0.29) is 6.04 Å². The largest absolute Gasteiger partial charge is 0.338 e. The van der Waals surface area contributed by atoms with E-state index >= 15 is 0 Å². The number of rotatable bonds is 1. The summed E-state index contributed by atoms with van der Waals surface area (Å²) in [4.78, 5) is 11.6. The van der Waals surface area contributed by atoms with Crippen LogP contribution in [0.1, 0.15) is 19.7 Å². The molecule has 98 valence electrons. The van der Waals surface area contributed by atoms with Gasteiger partial charge in [-0.3, -0.25) is 4.99 Å². The molecule has 1 N–H and O–H groups in total. The second-order valence-electron chi connectivity index (χ2n) is 4.87. The first kappa shape index (κ1) is 12.0. The molecule has 0 bridgehead atoms. The molecular formula is C14H13F2N3. The lowest BCUT2D eigenvalue weighted by Gasteiger charge is -2.17. The highest BCUT2D eigenvalue weighted by Gasteiger charge is 2.17. The van der Waals surface area contributed by atoms with E-state index in [0.717, 1.165) is 17.7 Å². The van der Waals surface area contributed by atoms with Crippen LogP contribution in [-0.4, -0.2) is 22.2 Å². The number of hydrogen-bond acceptors (Lipinski definition) is 2. The number of nitrogens with zero attached hydrogens (tertiary/aromatic N) is 2. The van der Waals surface area contributed by atoms with Gasteiger partial charge in [0.2, 0.25) is 0 Å². The van der Waals surface area contributed by atoms with Crippen molar-refractivity contribution in [3.8, 4) is 0 Å². The van der Waals surface area contributed by atoms with Crippen molar-refractivity contribution in [3.05, 3.63) is 35.7 Å². The summed E-state index contributed by atoms with van der Waals surface area (Å²) in [6.07, 6.45) is 3.80. The number of dihydropyridines is 1. The summed E-state index contributed by atoms with van der Waals surface area (Å²) in [5.41, 5.74) is 1.74. The molecule has 3 rings (SSSR count). The average molecular weight is 261 g/mol. The van der Waals surface area contributed by atoms with E-state index < -0.39 is 11.6 Å². The van der Waals surface area contributed by atoms with E-state index in [0.29, 0.717) is 22.8 Å². The van der Waals surface area contributed by atoms with Gasteiger partial charge in [-0.1, -0.05) is 13.0 Å². The lowest BCUT2D eigenvalue weighted by Crippen LogP contribution is -2.14. The van der Waals surface area contributed by atoms with E-state index in [1.165, 1.54) is 0 Å².